The Labute approximate surface area is 87.7 Å². The maximum absolute atomic E-state index is 10.5. The molecule has 0 saturated carbocycles. The van der Waals surface area contributed by atoms with E-state index in [0.29, 0.717) is 5.02 Å². The predicted octanol–water partition coefficient (Wildman–Crippen LogP) is 2.30. The van der Waals surface area contributed by atoms with Gasteiger partial charge in [-0.3, -0.25) is 0 Å². The van der Waals surface area contributed by atoms with Gasteiger partial charge in [0, 0.05) is 17.1 Å². The van der Waals surface area contributed by atoms with Crippen LogP contribution in [0.15, 0.2) is 18.2 Å². The first-order chi connectivity index (χ1) is 5.79. The monoisotopic (exact) mass is 217 g/mol. The fourth-order valence-corrected chi connectivity index (χ4v) is 1.60. The molecule has 0 radical (unpaired) electrons. The highest BCUT2D eigenvalue weighted by molar-refractivity contribution is 6.30. The molecular weight excluding hydrogens is 209 g/mol. The van der Waals surface area contributed by atoms with E-state index in [9.17, 15) is 4.79 Å². The zero-order valence-electron chi connectivity index (χ0n) is 6.79. The predicted molar refractivity (Wildman–Crippen MR) is 55.9 cm³/mol. The molecule has 0 aromatic heterocycles. The number of carbonyl (C=O) groups excluding carboxylic acids is 1. The first-order valence-electron chi connectivity index (χ1n) is 3.80. The average molecular weight is 218 g/mol. The van der Waals surface area contributed by atoms with Crippen LogP contribution in [0.1, 0.15) is 5.56 Å². The topological polar surface area (TPSA) is 29.1 Å². The lowest BCUT2D eigenvalue weighted by Crippen LogP contribution is -2.16. The largest absolute Gasteiger partial charge is 0.375 e. The zero-order valence-corrected chi connectivity index (χ0v) is 8.36. The number of halogens is 2. The number of carbonyl (C=O) groups is 1. The van der Waals surface area contributed by atoms with Crippen LogP contribution >= 0.6 is 24.0 Å². The van der Waals surface area contributed by atoms with Gasteiger partial charge in [-0.25, -0.2) is 0 Å². The number of aldehydes is 1. The van der Waals surface area contributed by atoms with Gasteiger partial charge in [0.1, 0.15) is 6.29 Å². The molecule has 4 heteroatoms. The average Bonchev–Trinajstić information content (AvgIpc) is 2.46. The minimum Gasteiger partial charge on any atom is -0.375 e. The lowest BCUT2D eigenvalue weighted by molar-refractivity contribution is -0.108. The summed E-state index contributed by atoms with van der Waals surface area (Å²) >= 11 is 5.79. The lowest BCUT2D eigenvalue weighted by Gasteiger charge is -2.00. The maximum Gasteiger partial charge on any atom is 0.142 e. The first-order valence-corrected chi connectivity index (χ1v) is 4.17. The minimum absolute atomic E-state index is 0. The van der Waals surface area contributed by atoms with Gasteiger partial charge < -0.3 is 10.1 Å². The summed E-state index contributed by atoms with van der Waals surface area (Å²) in [6.45, 7) is 0. The Morgan fingerprint density at radius 2 is 2.31 bits per heavy atom. The normalized spacial score (nSPS) is 18.4. The van der Waals surface area contributed by atoms with E-state index in [4.69, 9.17) is 11.6 Å². The Morgan fingerprint density at radius 1 is 1.54 bits per heavy atom. The van der Waals surface area contributed by atoms with Crippen molar-refractivity contribution in [3.05, 3.63) is 28.8 Å². The number of benzene rings is 1. The number of nitrogens with one attached hydrogen (secondary N) is 1. The van der Waals surface area contributed by atoms with Crippen molar-refractivity contribution in [3.8, 4) is 0 Å². The molecule has 2 nitrogen and oxygen atoms in total. The molecule has 1 aromatic carbocycles. The standard InChI is InChI=1S/C9H8ClNO.ClH/c10-7-2-1-6-3-8(5-12)11-9(6)4-7;/h1-2,4-5,8,11H,3H2;1H. The Kier molecular flexibility index (Phi) is 3.17. The minimum atomic E-state index is -0.0709. The molecule has 13 heavy (non-hydrogen) atoms. The lowest BCUT2D eigenvalue weighted by atomic mass is 10.1. The van der Waals surface area contributed by atoms with Gasteiger partial charge in [0.05, 0.1) is 6.04 Å². The fraction of sp³-hybridized carbons (Fsp3) is 0.222. The van der Waals surface area contributed by atoms with E-state index in [0.717, 1.165) is 24.0 Å². The number of anilines is 1. The Morgan fingerprint density at radius 3 is 3.00 bits per heavy atom. The summed E-state index contributed by atoms with van der Waals surface area (Å²) in [5.74, 6) is 0. The highest BCUT2D eigenvalue weighted by Gasteiger charge is 2.19. The van der Waals surface area contributed by atoms with E-state index in [-0.39, 0.29) is 18.4 Å². The van der Waals surface area contributed by atoms with Gasteiger partial charge in [0.2, 0.25) is 0 Å². The summed E-state index contributed by atoms with van der Waals surface area (Å²) in [5.41, 5.74) is 2.15. The zero-order chi connectivity index (χ0) is 8.55. The van der Waals surface area contributed by atoms with Crippen LogP contribution in [0.5, 0.6) is 0 Å². The molecule has 1 atom stereocenters. The van der Waals surface area contributed by atoms with E-state index in [1.165, 1.54) is 0 Å². The highest BCUT2D eigenvalue weighted by Crippen LogP contribution is 2.27. The molecule has 0 bridgehead atoms. The third-order valence-corrected chi connectivity index (χ3v) is 2.25. The van der Waals surface area contributed by atoms with Crippen LogP contribution in [-0.2, 0) is 11.2 Å². The van der Waals surface area contributed by atoms with Crippen molar-refractivity contribution >= 4 is 36.0 Å². The van der Waals surface area contributed by atoms with Gasteiger partial charge in [0.15, 0.2) is 0 Å². The summed E-state index contributed by atoms with van der Waals surface area (Å²) in [7, 11) is 0. The summed E-state index contributed by atoms with van der Waals surface area (Å²) < 4.78 is 0. The third-order valence-electron chi connectivity index (χ3n) is 2.02. The van der Waals surface area contributed by atoms with Gasteiger partial charge >= 0.3 is 0 Å². The SMILES string of the molecule is Cl.O=CC1Cc2ccc(Cl)cc2N1. The summed E-state index contributed by atoms with van der Waals surface area (Å²) in [6, 6.07) is 5.57. The number of fused-ring (bicyclic) bond motifs is 1. The second kappa shape index (κ2) is 3.99. The van der Waals surface area contributed by atoms with Crippen LogP contribution in [-0.4, -0.2) is 12.3 Å². The molecule has 1 aliphatic rings. The van der Waals surface area contributed by atoms with Crippen molar-refractivity contribution in [3.63, 3.8) is 0 Å². The van der Waals surface area contributed by atoms with Gasteiger partial charge in [-0.05, 0) is 17.7 Å². The van der Waals surface area contributed by atoms with Crippen molar-refractivity contribution in [2.24, 2.45) is 0 Å². The fourth-order valence-electron chi connectivity index (χ4n) is 1.43. The van der Waals surface area contributed by atoms with Crippen LogP contribution in [0.2, 0.25) is 5.02 Å². The quantitative estimate of drug-likeness (QED) is 0.732. The van der Waals surface area contributed by atoms with Crippen LogP contribution in [0, 0.1) is 0 Å². The summed E-state index contributed by atoms with van der Waals surface area (Å²) in [4.78, 5) is 10.5. The molecule has 1 aromatic rings. The van der Waals surface area contributed by atoms with Crippen molar-refractivity contribution in [2.45, 2.75) is 12.5 Å². The molecule has 0 aliphatic carbocycles. The molecular formula is C9H9Cl2NO. The Balaban J connectivity index is 0.000000845. The van der Waals surface area contributed by atoms with Crippen LogP contribution < -0.4 is 5.32 Å². The smallest absolute Gasteiger partial charge is 0.142 e. The van der Waals surface area contributed by atoms with E-state index in [1.807, 2.05) is 18.2 Å². The van der Waals surface area contributed by atoms with E-state index < -0.39 is 0 Å². The molecule has 0 spiro atoms. The molecule has 2 rings (SSSR count). The van der Waals surface area contributed by atoms with E-state index in [2.05, 4.69) is 5.32 Å². The van der Waals surface area contributed by atoms with Crippen molar-refractivity contribution in [1.29, 1.82) is 0 Å². The van der Waals surface area contributed by atoms with Crippen molar-refractivity contribution < 1.29 is 4.79 Å². The van der Waals surface area contributed by atoms with Crippen LogP contribution in [0.25, 0.3) is 0 Å². The number of rotatable bonds is 1. The van der Waals surface area contributed by atoms with Crippen molar-refractivity contribution in [2.75, 3.05) is 5.32 Å². The van der Waals surface area contributed by atoms with Gasteiger partial charge in [0.25, 0.3) is 0 Å². The summed E-state index contributed by atoms with van der Waals surface area (Å²) in [6.07, 6.45) is 1.70. The molecule has 1 heterocycles. The molecule has 1 unspecified atom stereocenters. The van der Waals surface area contributed by atoms with E-state index in [1.54, 1.807) is 0 Å². The molecule has 0 saturated heterocycles. The van der Waals surface area contributed by atoms with Gasteiger partial charge in [-0.15, -0.1) is 12.4 Å². The highest BCUT2D eigenvalue weighted by atomic mass is 35.5. The second-order valence-electron chi connectivity index (χ2n) is 2.89. The first kappa shape index (κ1) is 10.4. The van der Waals surface area contributed by atoms with E-state index >= 15 is 0 Å². The van der Waals surface area contributed by atoms with Crippen LogP contribution in [0.4, 0.5) is 5.69 Å². The second-order valence-corrected chi connectivity index (χ2v) is 3.33. The summed E-state index contributed by atoms with van der Waals surface area (Å²) in [5, 5.41) is 3.77. The Bertz CT molecular complexity index is 327. The van der Waals surface area contributed by atoms with Gasteiger partial charge in [-0.1, -0.05) is 17.7 Å². The number of hydrogen-bond donors (Lipinski definition) is 1. The van der Waals surface area contributed by atoms with Crippen LogP contribution in [0.3, 0.4) is 0 Å². The number of hydrogen-bond acceptors (Lipinski definition) is 2. The third kappa shape index (κ3) is 1.95. The Hall–Kier alpha value is -0.730. The molecule has 0 fully saturated rings. The maximum atomic E-state index is 10.5. The van der Waals surface area contributed by atoms with Crippen molar-refractivity contribution in [1.82, 2.24) is 0 Å². The molecule has 0 amide bonds. The molecule has 70 valence electrons. The molecule has 1 aliphatic heterocycles. The molecule has 1 N–H and O–H groups in total. The van der Waals surface area contributed by atoms with Gasteiger partial charge in [-0.2, -0.15) is 0 Å².